The molecule has 0 unspecified atom stereocenters. The van der Waals surface area contributed by atoms with E-state index in [0.717, 1.165) is 57.8 Å². The second-order valence-electron chi connectivity index (χ2n) is 15.7. The molecule has 0 saturated heterocycles. The minimum Gasteiger partial charge on any atom is -0.462 e. The van der Waals surface area contributed by atoms with E-state index >= 15 is 0 Å². The monoisotopic (exact) mass is 811 g/mol. The molecule has 0 fully saturated rings. The van der Waals surface area contributed by atoms with Crippen molar-refractivity contribution in [1.29, 1.82) is 0 Å². The zero-order chi connectivity index (χ0) is 41.1. The Morgan fingerprint density at radius 3 is 1.23 bits per heavy atom. The van der Waals surface area contributed by atoms with Gasteiger partial charge in [0, 0.05) is 12.8 Å². The maximum atomic E-state index is 12.4. The number of hydrogen-bond acceptors (Lipinski definition) is 6. The van der Waals surface area contributed by atoms with Crippen LogP contribution in [0.3, 0.4) is 0 Å². The minimum absolute atomic E-state index is 0.210. The van der Waals surface area contributed by atoms with Crippen molar-refractivity contribution in [1.82, 2.24) is 0 Å². The van der Waals surface area contributed by atoms with Crippen LogP contribution in [0.4, 0.5) is 0 Å². The lowest BCUT2D eigenvalue weighted by Crippen LogP contribution is -2.29. The van der Waals surface area contributed by atoms with Crippen LogP contribution in [0.15, 0.2) is 36.5 Å². The lowest BCUT2D eigenvalue weighted by Gasteiger charge is -2.18. The summed E-state index contributed by atoms with van der Waals surface area (Å²) in [6, 6.07) is 0. The Labute approximate surface area is 344 Å². The Morgan fingerprint density at radius 1 is 0.464 bits per heavy atom. The molecule has 0 aromatic carbocycles. The first kappa shape index (κ1) is 54.3. The number of phosphoric ester groups is 1. The average Bonchev–Trinajstić information content (AvgIpc) is 3.17. The van der Waals surface area contributed by atoms with Crippen LogP contribution >= 0.6 is 7.82 Å². The highest BCUT2D eigenvalue weighted by molar-refractivity contribution is 7.46. The SMILES string of the molecule is CCCCC/C=C/C/C=C/C/C=C/CCCCCCC(=O)OC[C@H](COP(=O)(O)O)OC(=O)CCCCCCCCCCCCCCCCCCCCCCC. The first-order valence-corrected chi connectivity index (χ1v) is 24.8. The van der Waals surface area contributed by atoms with Gasteiger partial charge in [-0.05, 0) is 51.4 Å². The molecule has 0 bridgehead atoms. The predicted octanol–water partition coefficient (Wildman–Crippen LogP) is 14.5. The molecule has 56 heavy (non-hydrogen) atoms. The number of unbranched alkanes of at least 4 members (excludes halogenated alkanes) is 27. The van der Waals surface area contributed by atoms with Gasteiger partial charge in [-0.15, -0.1) is 0 Å². The van der Waals surface area contributed by atoms with E-state index in [1.54, 1.807) is 0 Å². The molecule has 0 aromatic rings. The first-order chi connectivity index (χ1) is 27.3. The Morgan fingerprint density at radius 2 is 0.804 bits per heavy atom. The quantitative estimate of drug-likeness (QED) is 0.0270. The molecular formula is C47H87O8P. The van der Waals surface area contributed by atoms with Gasteiger partial charge in [0.15, 0.2) is 6.10 Å². The van der Waals surface area contributed by atoms with E-state index in [9.17, 15) is 14.2 Å². The summed E-state index contributed by atoms with van der Waals surface area (Å²) < 4.78 is 26.4. The van der Waals surface area contributed by atoms with Gasteiger partial charge in [0.05, 0.1) is 6.61 Å². The Bertz CT molecular complexity index is 1000. The molecule has 328 valence electrons. The van der Waals surface area contributed by atoms with Crippen LogP contribution in [0.1, 0.15) is 232 Å². The normalized spacial score (nSPS) is 12.7. The van der Waals surface area contributed by atoms with Crippen molar-refractivity contribution in [2.24, 2.45) is 0 Å². The standard InChI is InChI=1S/C47H87O8P/c1-3-5-7-9-11-13-15-17-19-21-22-23-24-26-28-30-32-34-36-38-40-42-47(49)55-45(44-54-56(50,51)52)43-53-46(48)41-39-37-35-33-31-29-27-25-20-18-16-14-12-10-8-6-4-2/h12,14,18,20,27,29,45H,3-11,13,15-17,19,21-26,28,30-44H2,1-2H3,(H2,50,51,52)/b14-12+,20-18+,29-27+/t45-/m1/s1. The Balaban J connectivity index is 3.87. The third-order valence-electron chi connectivity index (χ3n) is 10.2. The molecular weight excluding hydrogens is 723 g/mol. The summed E-state index contributed by atoms with van der Waals surface area (Å²) in [5, 5.41) is 0. The third kappa shape index (κ3) is 45.0. The number of hydrogen-bond donors (Lipinski definition) is 2. The van der Waals surface area contributed by atoms with Gasteiger partial charge in [-0.2, -0.15) is 0 Å². The van der Waals surface area contributed by atoms with Crippen LogP contribution in [0.2, 0.25) is 0 Å². The van der Waals surface area contributed by atoms with Gasteiger partial charge >= 0.3 is 19.8 Å². The van der Waals surface area contributed by atoms with Crippen molar-refractivity contribution in [3.63, 3.8) is 0 Å². The molecule has 0 aromatic heterocycles. The van der Waals surface area contributed by atoms with Gasteiger partial charge in [-0.3, -0.25) is 14.1 Å². The molecule has 9 heteroatoms. The van der Waals surface area contributed by atoms with Crippen molar-refractivity contribution >= 4 is 19.8 Å². The fraction of sp³-hybridized carbons (Fsp3) is 0.830. The van der Waals surface area contributed by atoms with Crippen LogP contribution in [0, 0.1) is 0 Å². The predicted molar refractivity (Wildman–Crippen MR) is 235 cm³/mol. The molecule has 2 N–H and O–H groups in total. The molecule has 0 radical (unpaired) electrons. The molecule has 1 atom stereocenters. The number of allylic oxidation sites excluding steroid dienone is 6. The maximum absolute atomic E-state index is 12.4. The fourth-order valence-corrected chi connectivity index (χ4v) is 7.04. The van der Waals surface area contributed by atoms with E-state index in [1.807, 2.05) is 0 Å². The van der Waals surface area contributed by atoms with Crippen molar-refractivity contribution in [2.45, 2.75) is 238 Å². The molecule has 0 spiro atoms. The summed E-state index contributed by atoms with van der Waals surface area (Å²) in [4.78, 5) is 43.0. The van der Waals surface area contributed by atoms with E-state index in [1.165, 1.54) is 135 Å². The summed E-state index contributed by atoms with van der Waals surface area (Å²) in [5.41, 5.74) is 0. The Hall–Kier alpha value is -1.73. The van der Waals surface area contributed by atoms with Gasteiger partial charge in [0.2, 0.25) is 0 Å². The minimum atomic E-state index is -4.76. The number of esters is 2. The molecule has 0 heterocycles. The molecule has 0 saturated carbocycles. The van der Waals surface area contributed by atoms with E-state index in [2.05, 4.69) is 54.8 Å². The second kappa shape index (κ2) is 42.9. The summed E-state index contributed by atoms with van der Waals surface area (Å²) >= 11 is 0. The number of ether oxygens (including phenoxy) is 2. The van der Waals surface area contributed by atoms with Gasteiger partial charge < -0.3 is 19.3 Å². The first-order valence-electron chi connectivity index (χ1n) is 23.3. The van der Waals surface area contributed by atoms with Crippen LogP contribution in [-0.4, -0.2) is 41.0 Å². The van der Waals surface area contributed by atoms with E-state index in [0.29, 0.717) is 12.8 Å². The lowest BCUT2D eigenvalue weighted by atomic mass is 10.0. The van der Waals surface area contributed by atoms with Gasteiger partial charge in [0.1, 0.15) is 6.61 Å². The van der Waals surface area contributed by atoms with E-state index < -0.39 is 32.5 Å². The number of phosphoric acid groups is 1. The highest BCUT2D eigenvalue weighted by Crippen LogP contribution is 2.36. The molecule has 0 aliphatic heterocycles. The average molecular weight is 811 g/mol. The topological polar surface area (TPSA) is 119 Å². The van der Waals surface area contributed by atoms with Crippen molar-refractivity contribution < 1.29 is 37.9 Å². The number of rotatable bonds is 43. The molecule has 0 aliphatic carbocycles. The van der Waals surface area contributed by atoms with E-state index in [-0.39, 0.29) is 19.4 Å². The number of carbonyl (C=O) groups excluding carboxylic acids is 2. The van der Waals surface area contributed by atoms with Crippen LogP contribution in [0.25, 0.3) is 0 Å². The summed E-state index contributed by atoms with van der Waals surface area (Å²) in [7, 11) is -4.76. The smallest absolute Gasteiger partial charge is 0.462 e. The summed E-state index contributed by atoms with van der Waals surface area (Å²) in [5.74, 6) is -0.900. The summed E-state index contributed by atoms with van der Waals surface area (Å²) in [6.07, 6.45) is 51.6. The number of carbonyl (C=O) groups is 2. The highest BCUT2D eigenvalue weighted by atomic mass is 31.2. The second-order valence-corrected chi connectivity index (χ2v) is 17.0. The van der Waals surface area contributed by atoms with Crippen LogP contribution in [-0.2, 0) is 28.2 Å². The third-order valence-corrected chi connectivity index (χ3v) is 10.6. The van der Waals surface area contributed by atoms with Gasteiger partial charge in [0.25, 0.3) is 0 Å². The van der Waals surface area contributed by atoms with Crippen molar-refractivity contribution in [2.75, 3.05) is 13.2 Å². The largest absolute Gasteiger partial charge is 0.469 e. The van der Waals surface area contributed by atoms with Gasteiger partial charge in [-0.1, -0.05) is 204 Å². The fourth-order valence-electron chi connectivity index (χ4n) is 6.68. The zero-order valence-corrected chi connectivity index (χ0v) is 37.2. The lowest BCUT2D eigenvalue weighted by molar-refractivity contribution is -0.161. The van der Waals surface area contributed by atoms with Crippen molar-refractivity contribution in [3.8, 4) is 0 Å². The maximum Gasteiger partial charge on any atom is 0.469 e. The zero-order valence-electron chi connectivity index (χ0n) is 36.3. The van der Waals surface area contributed by atoms with Crippen molar-refractivity contribution in [3.05, 3.63) is 36.5 Å². The highest BCUT2D eigenvalue weighted by Gasteiger charge is 2.23. The Kier molecular flexibility index (Phi) is 41.5. The van der Waals surface area contributed by atoms with Gasteiger partial charge in [-0.25, -0.2) is 4.57 Å². The van der Waals surface area contributed by atoms with E-state index in [4.69, 9.17) is 19.3 Å². The summed E-state index contributed by atoms with van der Waals surface area (Å²) in [6.45, 7) is 3.67. The molecule has 8 nitrogen and oxygen atoms in total. The molecule has 0 amide bonds. The van der Waals surface area contributed by atoms with Crippen LogP contribution < -0.4 is 0 Å². The molecule has 0 aliphatic rings. The van der Waals surface area contributed by atoms with Crippen LogP contribution in [0.5, 0.6) is 0 Å². The molecule has 0 rings (SSSR count).